The van der Waals surface area contributed by atoms with Crippen molar-refractivity contribution >= 4 is 55.0 Å². The minimum Gasteiger partial charge on any atom is -0.496 e. The Morgan fingerprint density at radius 2 is 1.97 bits per heavy atom. The maximum atomic E-state index is 13.7. The first-order chi connectivity index (χ1) is 16.1. The SMILES string of the molecule is COc1ccc(C(=O)CSc2nc3sc4c(c3c(=O)n2-c2ccccc2)CCCC4)cc1Br. The molecule has 8 heteroatoms. The number of halogens is 1. The van der Waals surface area contributed by atoms with E-state index in [1.807, 2.05) is 30.3 Å². The Hall–Kier alpha value is -2.42. The van der Waals surface area contributed by atoms with Crippen molar-refractivity contribution in [3.05, 3.63) is 79.4 Å². The van der Waals surface area contributed by atoms with Crippen LogP contribution in [0, 0.1) is 0 Å². The van der Waals surface area contributed by atoms with Crippen LogP contribution < -0.4 is 10.3 Å². The molecule has 33 heavy (non-hydrogen) atoms. The molecule has 0 saturated heterocycles. The van der Waals surface area contributed by atoms with E-state index < -0.39 is 0 Å². The van der Waals surface area contributed by atoms with Crippen molar-refractivity contribution in [3.8, 4) is 11.4 Å². The number of carbonyl (C=O) groups excluding carboxylic acids is 1. The highest BCUT2D eigenvalue weighted by Crippen LogP contribution is 2.35. The minimum absolute atomic E-state index is 0.0391. The van der Waals surface area contributed by atoms with Gasteiger partial charge in [-0.1, -0.05) is 30.0 Å². The van der Waals surface area contributed by atoms with Crippen LogP contribution >= 0.6 is 39.0 Å². The molecule has 4 aromatic rings. The lowest BCUT2D eigenvalue weighted by molar-refractivity contribution is 0.102. The van der Waals surface area contributed by atoms with Gasteiger partial charge in [-0.25, -0.2) is 4.98 Å². The number of aryl methyl sites for hydroxylation is 2. The third-order valence-electron chi connectivity index (χ3n) is 5.78. The Morgan fingerprint density at radius 1 is 1.18 bits per heavy atom. The fourth-order valence-electron chi connectivity index (χ4n) is 4.14. The van der Waals surface area contributed by atoms with Gasteiger partial charge in [-0.15, -0.1) is 11.3 Å². The van der Waals surface area contributed by atoms with Gasteiger partial charge < -0.3 is 4.74 Å². The smallest absolute Gasteiger partial charge is 0.267 e. The zero-order valence-corrected chi connectivity index (χ0v) is 21.2. The number of rotatable bonds is 6. The van der Waals surface area contributed by atoms with Gasteiger partial charge in [0.15, 0.2) is 10.9 Å². The van der Waals surface area contributed by atoms with Gasteiger partial charge in [-0.05, 0) is 77.5 Å². The van der Waals surface area contributed by atoms with Gasteiger partial charge in [-0.3, -0.25) is 14.2 Å². The summed E-state index contributed by atoms with van der Waals surface area (Å²) in [5.41, 5.74) is 2.46. The number of hydrogen-bond acceptors (Lipinski definition) is 6. The molecule has 0 amide bonds. The Balaban J connectivity index is 1.55. The third kappa shape index (κ3) is 4.27. The summed E-state index contributed by atoms with van der Waals surface area (Å²) >= 11 is 6.36. The molecule has 1 aliphatic rings. The predicted octanol–water partition coefficient (Wildman–Crippen LogP) is 6.07. The van der Waals surface area contributed by atoms with E-state index in [0.29, 0.717) is 16.5 Å². The minimum atomic E-state index is -0.0484. The monoisotopic (exact) mass is 540 g/mol. The molecule has 0 saturated carbocycles. The average molecular weight is 541 g/mol. The second-order valence-corrected chi connectivity index (χ2v) is 10.7. The molecule has 1 aliphatic carbocycles. The van der Waals surface area contributed by atoms with Gasteiger partial charge in [0.2, 0.25) is 0 Å². The van der Waals surface area contributed by atoms with Gasteiger partial charge >= 0.3 is 0 Å². The fraction of sp³-hybridized carbons (Fsp3) is 0.240. The summed E-state index contributed by atoms with van der Waals surface area (Å²) in [5.74, 6) is 0.808. The molecule has 5 rings (SSSR count). The van der Waals surface area contributed by atoms with Crippen LogP contribution in [0.5, 0.6) is 5.75 Å². The molecule has 2 aromatic heterocycles. The number of hydrogen-bond donors (Lipinski definition) is 0. The molecular weight excluding hydrogens is 520 g/mol. The summed E-state index contributed by atoms with van der Waals surface area (Å²) in [7, 11) is 1.59. The van der Waals surface area contributed by atoms with E-state index in [1.54, 1.807) is 41.2 Å². The zero-order chi connectivity index (χ0) is 22.9. The van der Waals surface area contributed by atoms with E-state index in [9.17, 15) is 9.59 Å². The standard InChI is InChI=1S/C25H21BrN2O3S2/c1-31-20-12-11-15(13-18(20)26)19(29)14-32-25-27-23-22(17-9-5-6-10-21(17)33-23)24(30)28(25)16-7-3-2-4-8-16/h2-4,7-8,11-13H,5-6,9-10,14H2,1H3. The second-order valence-electron chi connectivity index (χ2n) is 7.82. The van der Waals surface area contributed by atoms with Crippen molar-refractivity contribution in [2.24, 2.45) is 0 Å². The molecule has 2 heterocycles. The second kappa shape index (κ2) is 9.44. The van der Waals surface area contributed by atoms with E-state index in [2.05, 4.69) is 15.9 Å². The number of thioether (sulfide) groups is 1. The maximum Gasteiger partial charge on any atom is 0.267 e. The Labute approximate surface area is 207 Å². The quantitative estimate of drug-likeness (QED) is 0.168. The largest absolute Gasteiger partial charge is 0.496 e. The van der Waals surface area contributed by atoms with Crippen molar-refractivity contribution < 1.29 is 9.53 Å². The van der Waals surface area contributed by atoms with E-state index >= 15 is 0 Å². The van der Waals surface area contributed by atoms with Gasteiger partial charge in [0.25, 0.3) is 5.56 Å². The van der Waals surface area contributed by atoms with Crippen molar-refractivity contribution in [1.82, 2.24) is 9.55 Å². The predicted molar refractivity (Wildman–Crippen MR) is 138 cm³/mol. The van der Waals surface area contributed by atoms with Crippen LogP contribution in [0.2, 0.25) is 0 Å². The van der Waals surface area contributed by atoms with Gasteiger partial charge in [-0.2, -0.15) is 0 Å². The third-order valence-corrected chi connectivity index (χ3v) is 8.52. The van der Waals surface area contributed by atoms with Crippen molar-refractivity contribution in [3.63, 3.8) is 0 Å². The summed E-state index contributed by atoms with van der Waals surface area (Å²) in [4.78, 5) is 33.6. The first-order valence-corrected chi connectivity index (χ1v) is 13.3. The molecule has 0 aliphatic heterocycles. The Bertz CT molecular complexity index is 1410. The van der Waals surface area contributed by atoms with E-state index in [0.717, 1.165) is 46.1 Å². The molecule has 0 fully saturated rings. The van der Waals surface area contributed by atoms with Crippen LogP contribution in [0.4, 0.5) is 0 Å². The Kier molecular flexibility index (Phi) is 6.40. The number of aromatic nitrogens is 2. The molecule has 2 aromatic carbocycles. The number of Topliss-reactive ketones (excluding diaryl/α,β-unsaturated/α-hetero) is 1. The number of carbonyl (C=O) groups is 1. The number of fused-ring (bicyclic) bond motifs is 3. The first kappa shape index (κ1) is 22.4. The molecule has 0 N–H and O–H groups in total. The maximum absolute atomic E-state index is 13.7. The Morgan fingerprint density at radius 3 is 2.73 bits per heavy atom. The molecule has 0 atom stereocenters. The summed E-state index contributed by atoms with van der Waals surface area (Å²) in [6.45, 7) is 0. The lowest BCUT2D eigenvalue weighted by Crippen LogP contribution is -2.22. The zero-order valence-electron chi connectivity index (χ0n) is 18.0. The lowest BCUT2D eigenvalue weighted by Gasteiger charge is -2.13. The molecule has 0 spiro atoms. The number of para-hydroxylation sites is 1. The van der Waals surface area contributed by atoms with Crippen molar-refractivity contribution in [2.45, 2.75) is 30.8 Å². The highest BCUT2D eigenvalue weighted by atomic mass is 79.9. The van der Waals surface area contributed by atoms with Crippen LogP contribution in [-0.4, -0.2) is 28.2 Å². The summed E-state index contributed by atoms with van der Waals surface area (Å²) < 4.78 is 7.64. The molecule has 0 bridgehead atoms. The van der Waals surface area contributed by atoms with Crippen LogP contribution in [0.25, 0.3) is 15.9 Å². The number of thiophene rings is 1. The number of benzene rings is 2. The lowest BCUT2D eigenvalue weighted by atomic mass is 9.97. The fourth-order valence-corrected chi connectivity index (χ4v) is 6.89. The van der Waals surface area contributed by atoms with Gasteiger partial charge in [0.1, 0.15) is 10.6 Å². The van der Waals surface area contributed by atoms with Crippen LogP contribution in [0.1, 0.15) is 33.6 Å². The molecular formula is C25H21BrN2O3S2. The van der Waals surface area contributed by atoms with E-state index in [1.165, 1.54) is 22.2 Å². The van der Waals surface area contributed by atoms with Crippen molar-refractivity contribution in [2.75, 3.05) is 12.9 Å². The summed E-state index contributed by atoms with van der Waals surface area (Å²) in [5, 5.41) is 1.28. The normalized spacial score (nSPS) is 13.2. The van der Waals surface area contributed by atoms with E-state index in [-0.39, 0.29) is 17.1 Å². The number of ketones is 1. The highest BCUT2D eigenvalue weighted by molar-refractivity contribution is 9.10. The number of ether oxygens (including phenoxy) is 1. The van der Waals surface area contributed by atoms with Gasteiger partial charge in [0, 0.05) is 10.4 Å². The van der Waals surface area contributed by atoms with Crippen molar-refractivity contribution in [1.29, 1.82) is 0 Å². The highest BCUT2D eigenvalue weighted by Gasteiger charge is 2.23. The number of nitrogens with zero attached hydrogens (tertiary/aromatic N) is 2. The van der Waals surface area contributed by atoms with Crippen LogP contribution in [0.3, 0.4) is 0 Å². The first-order valence-electron chi connectivity index (χ1n) is 10.7. The van der Waals surface area contributed by atoms with Crippen LogP contribution in [0.15, 0.2) is 63.0 Å². The number of methoxy groups -OCH3 is 1. The molecule has 0 unspecified atom stereocenters. The van der Waals surface area contributed by atoms with E-state index in [4.69, 9.17) is 9.72 Å². The topological polar surface area (TPSA) is 61.2 Å². The molecule has 168 valence electrons. The summed E-state index contributed by atoms with van der Waals surface area (Å²) in [6.07, 6.45) is 4.19. The van der Waals surface area contributed by atoms with Crippen LogP contribution in [-0.2, 0) is 12.8 Å². The summed E-state index contributed by atoms with van der Waals surface area (Å²) in [6, 6.07) is 14.8. The average Bonchev–Trinajstić information content (AvgIpc) is 3.21. The molecule has 5 nitrogen and oxygen atoms in total. The van der Waals surface area contributed by atoms with Gasteiger partial charge in [0.05, 0.1) is 28.4 Å². The molecule has 0 radical (unpaired) electrons.